The van der Waals surface area contributed by atoms with E-state index in [2.05, 4.69) is 22.4 Å². The Kier molecular flexibility index (Phi) is 5.03. The fourth-order valence-electron chi connectivity index (χ4n) is 3.37. The summed E-state index contributed by atoms with van der Waals surface area (Å²) in [6, 6.07) is 15.9. The van der Waals surface area contributed by atoms with E-state index in [1.54, 1.807) is 13.1 Å². The molecule has 0 saturated heterocycles. The highest BCUT2D eigenvalue weighted by Gasteiger charge is 2.17. The summed E-state index contributed by atoms with van der Waals surface area (Å²) in [5, 5.41) is 3.97. The average molecular weight is 362 g/mol. The molecule has 1 atom stereocenters. The van der Waals surface area contributed by atoms with Crippen molar-refractivity contribution < 1.29 is 14.3 Å². The Bertz CT molecular complexity index is 971. The Labute approximate surface area is 158 Å². The standard InChI is InChI=1S/C22H22N2O3/c1-15(27-19-11-16-5-2-3-8-21(16)23-13-19)22(25)24-12-17-6-4-7-18-14-26-10-9-20(17)18/h2-8,11,13,15H,9-10,12,14H2,1H3,(H,24,25)/t15-/m0/s1. The number of hydrogen-bond acceptors (Lipinski definition) is 4. The second kappa shape index (κ2) is 7.76. The first kappa shape index (κ1) is 17.5. The first-order chi connectivity index (χ1) is 13.2. The fourth-order valence-corrected chi connectivity index (χ4v) is 3.37. The predicted octanol–water partition coefficient (Wildman–Crippen LogP) is 3.39. The van der Waals surface area contributed by atoms with Gasteiger partial charge in [-0.2, -0.15) is 0 Å². The van der Waals surface area contributed by atoms with Crippen molar-refractivity contribution in [3.8, 4) is 5.75 Å². The van der Waals surface area contributed by atoms with Gasteiger partial charge in [0.15, 0.2) is 6.10 Å². The molecule has 5 heteroatoms. The van der Waals surface area contributed by atoms with Crippen LogP contribution in [0.2, 0.25) is 0 Å². The van der Waals surface area contributed by atoms with Gasteiger partial charge in [0.25, 0.3) is 5.91 Å². The van der Waals surface area contributed by atoms with Crippen LogP contribution in [0.4, 0.5) is 0 Å². The summed E-state index contributed by atoms with van der Waals surface area (Å²) in [6.07, 6.45) is 1.94. The maximum Gasteiger partial charge on any atom is 0.261 e. The summed E-state index contributed by atoms with van der Waals surface area (Å²) in [5.41, 5.74) is 4.54. The Morgan fingerprint density at radius 2 is 2.15 bits per heavy atom. The Morgan fingerprint density at radius 3 is 3.07 bits per heavy atom. The highest BCUT2D eigenvalue weighted by Crippen LogP contribution is 2.21. The number of pyridine rings is 1. The zero-order valence-electron chi connectivity index (χ0n) is 15.3. The molecule has 2 aromatic carbocycles. The Balaban J connectivity index is 1.39. The van der Waals surface area contributed by atoms with Gasteiger partial charge in [0.05, 0.1) is 24.9 Å². The molecule has 1 aliphatic heterocycles. The molecule has 0 fully saturated rings. The van der Waals surface area contributed by atoms with Crippen molar-refractivity contribution in [2.75, 3.05) is 6.61 Å². The molecule has 5 nitrogen and oxygen atoms in total. The van der Waals surface area contributed by atoms with Crippen LogP contribution in [0.1, 0.15) is 23.6 Å². The highest BCUT2D eigenvalue weighted by molar-refractivity contribution is 5.82. The molecule has 0 spiro atoms. The second-order valence-corrected chi connectivity index (χ2v) is 6.70. The quantitative estimate of drug-likeness (QED) is 0.756. The van der Waals surface area contributed by atoms with Crippen LogP contribution < -0.4 is 10.1 Å². The molecule has 1 amide bonds. The average Bonchev–Trinajstić information content (AvgIpc) is 2.71. The van der Waals surface area contributed by atoms with Gasteiger partial charge in [-0.25, -0.2) is 0 Å². The number of benzene rings is 2. The van der Waals surface area contributed by atoms with Crippen molar-refractivity contribution in [1.82, 2.24) is 10.3 Å². The van der Waals surface area contributed by atoms with Gasteiger partial charge >= 0.3 is 0 Å². The van der Waals surface area contributed by atoms with E-state index in [0.717, 1.165) is 29.5 Å². The van der Waals surface area contributed by atoms with Gasteiger partial charge in [-0.05, 0) is 42.2 Å². The number of rotatable bonds is 5. The van der Waals surface area contributed by atoms with Crippen LogP contribution in [-0.2, 0) is 29.1 Å². The van der Waals surface area contributed by atoms with Crippen molar-refractivity contribution in [3.63, 3.8) is 0 Å². The molecule has 0 aliphatic carbocycles. The van der Waals surface area contributed by atoms with E-state index in [-0.39, 0.29) is 5.91 Å². The molecule has 1 aliphatic rings. The smallest absolute Gasteiger partial charge is 0.261 e. The molecular weight excluding hydrogens is 340 g/mol. The number of fused-ring (bicyclic) bond motifs is 2. The lowest BCUT2D eigenvalue weighted by atomic mass is 9.97. The van der Waals surface area contributed by atoms with Gasteiger partial charge in [0.2, 0.25) is 0 Å². The van der Waals surface area contributed by atoms with Crippen LogP contribution in [-0.4, -0.2) is 23.6 Å². The minimum absolute atomic E-state index is 0.146. The molecule has 3 aromatic rings. The van der Waals surface area contributed by atoms with Crippen LogP contribution in [0.25, 0.3) is 10.9 Å². The number of aromatic nitrogens is 1. The van der Waals surface area contributed by atoms with Gasteiger partial charge in [-0.1, -0.05) is 36.4 Å². The van der Waals surface area contributed by atoms with E-state index >= 15 is 0 Å². The summed E-state index contributed by atoms with van der Waals surface area (Å²) in [7, 11) is 0. The van der Waals surface area contributed by atoms with Crippen LogP contribution in [0.15, 0.2) is 54.7 Å². The fraction of sp³-hybridized carbons (Fsp3) is 0.273. The van der Waals surface area contributed by atoms with E-state index < -0.39 is 6.10 Å². The van der Waals surface area contributed by atoms with Crippen LogP contribution in [0, 0.1) is 0 Å². The SMILES string of the molecule is C[C@H](Oc1cnc2ccccc2c1)C(=O)NCc1cccc2c1CCOC2. The van der Waals surface area contributed by atoms with Crippen LogP contribution in [0.3, 0.4) is 0 Å². The number of nitrogens with one attached hydrogen (secondary N) is 1. The summed E-state index contributed by atoms with van der Waals surface area (Å²) in [5.74, 6) is 0.443. The summed E-state index contributed by atoms with van der Waals surface area (Å²) in [6.45, 7) is 3.61. The second-order valence-electron chi connectivity index (χ2n) is 6.70. The molecule has 0 saturated carbocycles. The topological polar surface area (TPSA) is 60.5 Å². The summed E-state index contributed by atoms with van der Waals surface area (Å²) >= 11 is 0. The monoisotopic (exact) mass is 362 g/mol. The third-order valence-electron chi connectivity index (χ3n) is 4.82. The molecule has 2 heterocycles. The van der Waals surface area contributed by atoms with Gasteiger partial charge in [0, 0.05) is 11.9 Å². The lowest BCUT2D eigenvalue weighted by Gasteiger charge is -2.20. The maximum absolute atomic E-state index is 12.5. The zero-order chi connectivity index (χ0) is 18.6. The van der Waals surface area contributed by atoms with Crippen molar-refractivity contribution >= 4 is 16.8 Å². The van der Waals surface area contributed by atoms with Gasteiger partial charge in [-0.3, -0.25) is 9.78 Å². The number of nitrogens with zero attached hydrogens (tertiary/aromatic N) is 1. The van der Waals surface area contributed by atoms with E-state index in [9.17, 15) is 4.79 Å². The maximum atomic E-state index is 12.5. The first-order valence-corrected chi connectivity index (χ1v) is 9.17. The van der Waals surface area contributed by atoms with Crippen molar-refractivity contribution in [1.29, 1.82) is 0 Å². The molecule has 0 unspecified atom stereocenters. The van der Waals surface area contributed by atoms with Crippen molar-refractivity contribution in [2.45, 2.75) is 32.6 Å². The molecule has 1 N–H and O–H groups in total. The third-order valence-corrected chi connectivity index (χ3v) is 4.82. The minimum atomic E-state index is -0.601. The largest absolute Gasteiger partial charge is 0.479 e. The van der Waals surface area contributed by atoms with E-state index in [0.29, 0.717) is 18.9 Å². The van der Waals surface area contributed by atoms with Crippen molar-refractivity contribution in [2.24, 2.45) is 0 Å². The molecular formula is C22H22N2O3. The van der Waals surface area contributed by atoms with Crippen LogP contribution >= 0.6 is 0 Å². The molecule has 4 rings (SSSR count). The normalized spacial score (nSPS) is 14.4. The lowest BCUT2D eigenvalue weighted by Crippen LogP contribution is -2.36. The molecule has 27 heavy (non-hydrogen) atoms. The Hall–Kier alpha value is -2.92. The molecule has 0 bridgehead atoms. The zero-order valence-corrected chi connectivity index (χ0v) is 15.3. The number of amides is 1. The van der Waals surface area contributed by atoms with E-state index in [1.165, 1.54) is 11.1 Å². The summed E-state index contributed by atoms with van der Waals surface area (Å²) < 4.78 is 11.3. The lowest BCUT2D eigenvalue weighted by molar-refractivity contribution is -0.127. The number of carbonyl (C=O) groups excluding carboxylic acids is 1. The van der Waals surface area contributed by atoms with E-state index in [4.69, 9.17) is 9.47 Å². The minimum Gasteiger partial charge on any atom is -0.479 e. The summed E-state index contributed by atoms with van der Waals surface area (Å²) in [4.78, 5) is 16.8. The number of hydrogen-bond donors (Lipinski definition) is 1. The predicted molar refractivity (Wildman–Crippen MR) is 103 cm³/mol. The molecule has 1 aromatic heterocycles. The first-order valence-electron chi connectivity index (χ1n) is 9.17. The van der Waals surface area contributed by atoms with Crippen LogP contribution in [0.5, 0.6) is 5.75 Å². The Morgan fingerprint density at radius 1 is 1.26 bits per heavy atom. The van der Waals surface area contributed by atoms with Gasteiger partial charge in [-0.15, -0.1) is 0 Å². The number of ether oxygens (including phenoxy) is 2. The van der Waals surface area contributed by atoms with E-state index in [1.807, 2.05) is 36.4 Å². The number of carbonyl (C=O) groups is 1. The third kappa shape index (κ3) is 3.93. The van der Waals surface area contributed by atoms with Crippen molar-refractivity contribution in [3.05, 3.63) is 71.4 Å². The van der Waals surface area contributed by atoms with Gasteiger partial charge < -0.3 is 14.8 Å². The molecule has 138 valence electrons. The van der Waals surface area contributed by atoms with Gasteiger partial charge in [0.1, 0.15) is 5.75 Å². The molecule has 0 radical (unpaired) electrons. The highest BCUT2D eigenvalue weighted by atomic mass is 16.5. The number of para-hydroxylation sites is 1.